The molecule has 1 aromatic carbocycles. The number of fused-ring (bicyclic) bond motifs is 2. The molecule has 0 saturated heterocycles. The smallest absolute Gasteiger partial charge is 0.262 e. The molecule has 156 valence electrons. The Balaban J connectivity index is 1.60. The number of thiophene rings is 1. The number of anilines is 1. The SMILES string of the molecule is CNC(=O)[C@@H]1CN(C(=O)CSc2nc(C)nc3sc(C)c(C)c23)c2ccccc2O1. The van der Waals surface area contributed by atoms with Gasteiger partial charge in [0, 0.05) is 17.3 Å². The van der Waals surface area contributed by atoms with Gasteiger partial charge < -0.3 is 15.0 Å². The van der Waals surface area contributed by atoms with Gasteiger partial charge in [-0.25, -0.2) is 9.97 Å². The van der Waals surface area contributed by atoms with Crippen LogP contribution in [0, 0.1) is 20.8 Å². The van der Waals surface area contributed by atoms with E-state index in [1.54, 1.807) is 29.4 Å². The first-order valence-corrected chi connectivity index (χ1v) is 11.3. The zero-order chi connectivity index (χ0) is 21.4. The Morgan fingerprint density at radius 3 is 2.80 bits per heavy atom. The van der Waals surface area contributed by atoms with E-state index in [0.29, 0.717) is 17.3 Å². The molecule has 1 N–H and O–H groups in total. The Kier molecular flexibility index (Phi) is 5.66. The van der Waals surface area contributed by atoms with Crippen molar-refractivity contribution >= 4 is 50.8 Å². The predicted molar refractivity (Wildman–Crippen MR) is 120 cm³/mol. The van der Waals surface area contributed by atoms with Crippen LogP contribution >= 0.6 is 23.1 Å². The Labute approximate surface area is 182 Å². The number of aryl methyl sites for hydroxylation is 3. The fraction of sp³-hybridized carbons (Fsp3) is 0.333. The third-order valence-electron chi connectivity index (χ3n) is 5.05. The molecule has 7 nitrogen and oxygen atoms in total. The molecule has 0 aliphatic carbocycles. The predicted octanol–water partition coefficient (Wildman–Crippen LogP) is 3.25. The Hall–Kier alpha value is -2.65. The minimum Gasteiger partial charge on any atom is -0.477 e. The third-order valence-corrected chi connectivity index (χ3v) is 7.11. The van der Waals surface area contributed by atoms with E-state index in [9.17, 15) is 9.59 Å². The van der Waals surface area contributed by atoms with Gasteiger partial charge >= 0.3 is 0 Å². The lowest BCUT2D eigenvalue weighted by molar-refractivity contribution is -0.127. The number of carbonyl (C=O) groups excluding carboxylic acids is 2. The zero-order valence-electron chi connectivity index (χ0n) is 17.2. The second kappa shape index (κ2) is 8.23. The number of thioether (sulfide) groups is 1. The molecule has 0 bridgehead atoms. The number of nitrogens with one attached hydrogen (secondary N) is 1. The van der Waals surface area contributed by atoms with Gasteiger partial charge in [-0.1, -0.05) is 23.9 Å². The highest BCUT2D eigenvalue weighted by Gasteiger charge is 2.33. The number of nitrogens with zero attached hydrogens (tertiary/aromatic N) is 3. The van der Waals surface area contributed by atoms with Crippen molar-refractivity contribution in [1.82, 2.24) is 15.3 Å². The van der Waals surface area contributed by atoms with E-state index in [1.165, 1.54) is 16.6 Å². The summed E-state index contributed by atoms with van der Waals surface area (Å²) in [6, 6.07) is 7.28. The van der Waals surface area contributed by atoms with Crippen molar-refractivity contribution < 1.29 is 14.3 Å². The molecule has 9 heteroatoms. The second-order valence-electron chi connectivity index (χ2n) is 7.02. The van der Waals surface area contributed by atoms with Crippen molar-refractivity contribution in [1.29, 1.82) is 0 Å². The molecule has 0 spiro atoms. The number of hydrogen-bond donors (Lipinski definition) is 1. The number of para-hydroxylation sites is 2. The molecule has 1 atom stereocenters. The number of likely N-dealkylation sites (N-methyl/N-ethyl adjacent to an activating group) is 1. The maximum Gasteiger partial charge on any atom is 0.262 e. The summed E-state index contributed by atoms with van der Waals surface area (Å²) in [7, 11) is 1.56. The number of benzene rings is 1. The van der Waals surface area contributed by atoms with Gasteiger partial charge in [0.1, 0.15) is 21.4 Å². The quantitative estimate of drug-likeness (QED) is 0.493. The molecule has 30 heavy (non-hydrogen) atoms. The summed E-state index contributed by atoms with van der Waals surface area (Å²) in [6.45, 7) is 6.16. The van der Waals surface area contributed by atoms with Gasteiger partial charge in [-0.2, -0.15) is 0 Å². The zero-order valence-corrected chi connectivity index (χ0v) is 18.8. The summed E-state index contributed by atoms with van der Waals surface area (Å²) in [6.07, 6.45) is -0.742. The first kappa shape index (κ1) is 20.6. The van der Waals surface area contributed by atoms with E-state index in [1.807, 2.05) is 25.1 Å². The Bertz CT molecular complexity index is 1140. The molecule has 3 heterocycles. The number of amides is 2. The van der Waals surface area contributed by atoms with Gasteiger partial charge in [0.2, 0.25) is 5.91 Å². The van der Waals surface area contributed by atoms with Gasteiger partial charge in [0.05, 0.1) is 18.0 Å². The largest absolute Gasteiger partial charge is 0.477 e. The molecule has 4 rings (SSSR count). The fourth-order valence-electron chi connectivity index (χ4n) is 3.39. The normalized spacial score (nSPS) is 15.6. The maximum absolute atomic E-state index is 13.2. The summed E-state index contributed by atoms with van der Waals surface area (Å²) in [5.74, 6) is 1.07. The number of ether oxygens (including phenoxy) is 1. The van der Waals surface area contributed by atoms with E-state index in [2.05, 4.69) is 29.1 Å². The molecule has 2 amide bonds. The summed E-state index contributed by atoms with van der Waals surface area (Å²) in [4.78, 5) is 38.2. The second-order valence-corrected chi connectivity index (χ2v) is 9.19. The van der Waals surface area contributed by atoms with Crippen molar-refractivity contribution in [2.75, 3.05) is 24.2 Å². The number of carbonyl (C=O) groups is 2. The van der Waals surface area contributed by atoms with Crippen LogP contribution in [0.1, 0.15) is 16.3 Å². The first-order valence-electron chi connectivity index (χ1n) is 9.53. The minimum absolute atomic E-state index is 0.0985. The average Bonchev–Trinajstić information content (AvgIpc) is 3.03. The summed E-state index contributed by atoms with van der Waals surface area (Å²) in [5.41, 5.74) is 1.83. The minimum atomic E-state index is -0.742. The van der Waals surface area contributed by atoms with Gasteiger partial charge in [-0.05, 0) is 38.5 Å². The van der Waals surface area contributed by atoms with Gasteiger partial charge in [0.25, 0.3) is 5.91 Å². The third kappa shape index (κ3) is 3.75. The monoisotopic (exact) mass is 442 g/mol. The number of aromatic nitrogens is 2. The molecule has 0 fully saturated rings. The molecule has 0 unspecified atom stereocenters. The summed E-state index contributed by atoms with van der Waals surface area (Å²) < 4.78 is 5.79. The molecular formula is C21H22N4O3S2. The highest BCUT2D eigenvalue weighted by atomic mass is 32.2. The lowest BCUT2D eigenvalue weighted by Crippen LogP contribution is -2.50. The molecule has 1 aliphatic rings. The highest BCUT2D eigenvalue weighted by Crippen LogP contribution is 2.37. The average molecular weight is 443 g/mol. The van der Waals surface area contributed by atoms with Crippen molar-refractivity contribution in [3.63, 3.8) is 0 Å². The van der Waals surface area contributed by atoms with Gasteiger partial charge in [-0.15, -0.1) is 11.3 Å². The van der Waals surface area contributed by atoms with Gasteiger partial charge in [0.15, 0.2) is 6.10 Å². The first-order chi connectivity index (χ1) is 14.4. The van der Waals surface area contributed by atoms with E-state index in [-0.39, 0.29) is 24.1 Å². The Morgan fingerprint density at radius 1 is 1.27 bits per heavy atom. The van der Waals surface area contributed by atoms with Crippen molar-refractivity contribution in [2.45, 2.75) is 31.9 Å². The van der Waals surface area contributed by atoms with Crippen LogP contribution in [0.15, 0.2) is 29.3 Å². The molecule has 0 saturated carbocycles. The molecule has 2 aromatic heterocycles. The maximum atomic E-state index is 13.2. The summed E-state index contributed by atoms with van der Waals surface area (Å²) >= 11 is 3.05. The van der Waals surface area contributed by atoms with E-state index < -0.39 is 6.10 Å². The van der Waals surface area contributed by atoms with Crippen LogP contribution in [-0.2, 0) is 9.59 Å². The Morgan fingerprint density at radius 2 is 2.03 bits per heavy atom. The van der Waals surface area contributed by atoms with Crippen LogP contribution in [-0.4, -0.2) is 47.2 Å². The van der Waals surface area contributed by atoms with E-state index >= 15 is 0 Å². The van der Waals surface area contributed by atoms with Crippen LogP contribution in [0.5, 0.6) is 5.75 Å². The lowest BCUT2D eigenvalue weighted by Gasteiger charge is -2.34. The highest BCUT2D eigenvalue weighted by molar-refractivity contribution is 8.00. The number of hydrogen-bond acceptors (Lipinski definition) is 7. The van der Waals surface area contributed by atoms with Crippen LogP contribution < -0.4 is 15.0 Å². The molecule has 1 aliphatic heterocycles. The van der Waals surface area contributed by atoms with E-state index in [4.69, 9.17) is 4.74 Å². The van der Waals surface area contributed by atoms with Crippen molar-refractivity contribution in [3.8, 4) is 5.75 Å². The van der Waals surface area contributed by atoms with Crippen LogP contribution in [0.2, 0.25) is 0 Å². The van der Waals surface area contributed by atoms with Crippen LogP contribution in [0.3, 0.4) is 0 Å². The topological polar surface area (TPSA) is 84.4 Å². The summed E-state index contributed by atoms with van der Waals surface area (Å²) in [5, 5.41) is 4.43. The van der Waals surface area contributed by atoms with Gasteiger partial charge in [-0.3, -0.25) is 9.59 Å². The fourth-order valence-corrected chi connectivity index (χ4v) is 5.54. The van der Waals surface area contributed by atoms with Crippen LogP contribution in [0.25, 0.3) is 10.2 Å². The number of rotatable bonds is 4. The van der Waals surface area contributed by atoms with Crippen molar-refractivity contribution in [2.24, 2.45) is 0 Å². The molecule has 3 aromatic rings. The van der Waals surface area contributed by atoms with Crippen LogP contribution in [0.4, 0.5) is 5.69 Å². The van der Waals surface area contributed by atoms with E-state index in [0.717, 1.165) is 20.8 Å². The van der Waals surface area contributed by atoms with Crippen molar-refractivity contribution in [3.05, 3.63) is 40.5 Å². The standard InChI is InChI=1S/C21H22N4O3S2/c1-11-12(2)30-21-18(11)20(23-13(3)24-21)29-10-17(26)25-9-16(19(27)22-4)28-15-8-6-5-7-14(15)25/h5-8,16H,9-10H2,1-4H3,(H,22,27)/t16-/m0/s1. The molecule has 0 radical (unpaired) electrons. The lowest BCUT2D eigenvalue weighted by atomic mass is 10.2. The molecular weight excluding hydrogens is 420 g/mol.